The minimum atomic E-state index is -0.928. The molecule has 1 aromatic heterocycles. The van der Waals surface area contributed by atoms with Gasteiger partial charge in [0.25, 0.3) is 5.91 Å². The number of aromatic nitrogens is 2. The molecule has 0 radical (unpaired) electrons. The highest BCUT2D eigenvalue weighted by atomic mass is 19.2. The van der Waals surface area contributed by atoms with E-state index in [1.807, 2.05) is 6.92 Å². The third kappa shape index (κ3) is 5.81. The predicted molar refractivity (Wildman–Crippen MR) is 108 cm³/mol. The molecule has 2 heterocycles. The fourth-order valence-electron chi connectivity index (χ4n) is 3.75. The standard InChI is InChI=1S/C22H26F2N4O2/c1-14-10-20(27-15(2)26-14)22(30)28-9-3-4-16(13-28)6-8-21(29)25-12-17-5-7-18(23)19(24)11-17/h5,7,10-11,16H,3-4,6,8-9,12-13H2,1-2H3,(H,25,29). The molecule has 0 spiro atoms. The molecule has 1 saturated heterocycles. The van der Waals surface area contributed by atoms with Crippen molar-refractivity contribution in [1.82, 2.24) is 20.2 Å². The minimum absolute atomic E-state index is 0.101. The lowest BCUT2D eigenvalue weighted by Crippen LogP contribution is -2.40. The van der Waals surface area contributed by atoms with Crippen molar-refractivity contribution in [3.05, 3.63) is 58.7 Å². The summed E-state index contributed by atoms with van der Waals surface area (Å²) >= 11 is 0. The van der Waals surface area contributed by atoms with Crippen LogP contribution < -0.4 is 5.32 Å². The molecule has 0 aliphatic carbocycles. The van der Waals surface area contributed by atoms with Crippen molar-refractivity contribution < 1.29 is 18.4 Å². The topological polar surface area (TPSA) is 75.2 Å². The lowest BCUT2D eigenvalue weighted by atomic mass is 9.93. The van der Waals surface area contributed by atoms with Gasteiger partial charge in [-0.3, -0.25) is 9.59 Å². The van der Waals surface area contributed by atoms with Gasteiger partial charge in [0.05, 0.1) is 0 Å². The molecule has 3 rings (SSSR count). The largest absolute Gasteiger partial charge is 0.352 e. The summed E-state index contributed by atoms with van der Waals surface area (Å²) in [6.07, 6.45) is 2.83. The van der Waals surface area contributed by atoms with Gasteiger partial charge in [0, 0.05) is 31.7 Å². The third-order valence-electron chi connectivity index (χ3n) is 5.24. The van der Waals surface area contributed by atoms with Gasteiger partial charge in [-0.25, -0.2) is 18.7 Å². The molecule has 1 aliphatic rings. The molecule has 0 bridgehead atoms. The van der Waals surface area contributed by atoms with E-state index < -0.39 is 11.6 Å². The maximum Gasteiger partial charge on any atom is 0.272 e. The highest BCUT2D eigenvalue weighted by Crippen LogP contribution is 2.22. The van der Waals surface area contributed by atoms with E-state index in [1.54, 1.807) is 17.9 Å². The average molecular weight is 416 g/mol. The van der Waals surface area contributed by atoms with Gasteiger partial charge in [0.15, 0.2) is 11.6 Å². The summed E-state index contributed by atoms with van der Waals surface area (Å²) in [7, 11) is 0. The van der Waals surface area contributed by atoms with Gasteiger partial charge in [-0.05, 0) is 62.8 Å². The molecule has 2 aromatic rings. The molecular formula is C22H26F2N4O2. The molecule has 6 nitrogen and oxygen atoms in total. The number of nitrogens with one attached hydrogen (secondary N) is 1. The van der Waals surface area contributed by atoms with Gasteiger partial charge in [-0.1, -0.05) is 6.07 Å². The first kappa shape index (κ1) is 21.8. The van der Waals surface area contributed by atoms with E-state index in [-0.39, 0.29) is 24.3 Å². The summed E-state index contributed by atoms with van der Waals surface area (Å²) in [4.78, 5) is 35.2. The van der Waals surface area contributed by atoms with Crippen molar-refractivity contribution in [2.45, 2.75) is 46.1 Å². The summed E-state index contributed by atoms with van der Waals surface area (Å²) in [6.45, 7) is 5.03. The lowest BCUT2D eigenvalue weighted by Gasteiger charge is -2.32. The number of aryl methyl sites for hydroxylation is 2. The van der Waals surface area contributed by atoms with Crippen molar-refractivity contribution in [2.24, 2.45) is 5.92 Å². The molecule has 2 amide bonds. The molecule has 30 heavy (non-hydrogen) atoms. The average Bonchev–Trinajstić information content (AvgIpc) is 2.72. The monoisotopic (exact) mass is 416 g/mol. The van der Waals surface area contributed by atoms with E-state index in [9.17, 15) is 18.4 Å². The highest BCUT2D eigenvalue weighted by Gasteiger charge is 2.26. The maximum absolute atomic E-state index is 13.2. The molecule has 8 heteroatoms. The van der Waals surface area contributed by atoms with Crippen molar-refractivity contribution in [3.63, 3.8) is 0 Å². The Balaban J connectivity index is 1.48. The second-order valence-corrected chi connectivity index (χ2v) is 7.77. The summed E-state index contributed by atoms with van der Waals surface area (Å²) in [6, 6.07) is 5.27. The first-order valence-electron chi connectivity index (χ1n) is 10.1. The number of benzene rings is 1. The van der Waals surface area contributed by atoms with Gasteiger partial charge in [-0.2, -0.15) is 0 Å². The van der Waals surface area contributed by atoms with Gasteiger partial charge in [0.1, 0.15) is 11.5 Å². The molecule has 1 unspecified atom stereocenters. The second-order valence-electron chi connectivity index (χ2n) is 7.77. The summed E-state index contributed by atoms with van der Waals surface area (Å²) in [5.74, 6) is -1.27. The number of halogens is 2. The number of piperidine rings is 1. The molecule has 160 valence electrons. The molecule has 0 saturated carbocycles. The van der Waals surface area contributed by atoms with E-state index in [2.05, 4.69) is 15.3 Å². The molecular weight excluding hydrogens is 390 g/mol. The number of rotatable bonds is 6. The maximum atomic E-state index is 13.2. The Labute approximate surface area is 174 Å². The lowest BCUT2D eigenvalue weighted by molar-refractivity contribution is -0.121. The third-order valence-corrected chi connectivity index (χ3v) is 5.24. The SMILES string of the molecule is Cc1cc(C(=O)N2CCCC(CCC(=O)NCc3ccc(F)c(F)c3)C2)nc(C)n1. The zero-order valence-electron chi connectivity index (χ0n) is 17.3. The Morgan fingerprint density at radius 3 is 2.70 bits per heavy atom. The van der Waals surface area contributed by atoms with Crippen LogP contribution in [0.5, 0.6) is 0 Å². The molecule has 1 atom stereocenters. The van der Waals surface area contributed by atoms with Crippen LogP contribution in [-0.4, -0.2) is 39.8 Å². The number of hydrogen-bond acceptors (Lipinski definition) is 4. The van der Waals surface area contributed by atoms with Crippen LogP contribution in [0.15, 0.2) is 24.3 Å². The number of hydrogen-bond donors (Lipinski definition) is 1. The first-order chi connectivity index (χ1) is 14.3. The van der Waals surface area contributed by atoms with Crippen LogP contribution in [0.1, 0.15) is 53.3 Å². The Bertz CT molecular complexity index is 915. The Morgan fingerprint density at radius 2 is 1.97 bits per heavy atom. The van der Waals surface area contributed by atoms with Crippen LogP contribution in [0.3, 0.4) is 0 Å². The summed E-state index contributed by atoms with van der Waals surface area (Å²) in [5, 5.41) is 2.73. The molecule has 1 fully saturated rings. The number of carbonyl (C=O) groups excluding carboxylic acids is 2. The quantitative estimate of drug-likeness (QED) is 0.784. The van der Waals surface area contributed by atoms with Gasteiger partial charge < -0.3 is 10.2 Å². The number of carbonyl (C=O) groups is 2. The second kappa shape index (κ2) is 9.73. The number of nitrogens with zero attached hydrogens (tertiary/aromatic N) is 3. The van der Waals surface area contributed by atoms with Crippen LogP contribution in [0.2, 0.25) is 0 Å². The van der Waals surface area contributed by atoms with Gasteiger partial charge >= 0.3 is 0 Å². The van der Waals surface area contributed by atoms with Crippen LogP contribution in [0, 0.1) is 31.4 Å². The summed E-state index contributed by atoms with van der Waals surface area (Å²) < 4.78 is 26.2. The smallest absolute Gasteiger partial charge is 0.272 e. The molecule has 1 aliphatic heterocycles. The van der Waals surface area contributed by atoms with Crippen molar-refractivity contribution in [1.29, 1.82) is 0 Å². The van der Waals surface area contributed by atoms with Gasteiger partial charge in [0.2, 0.25) is 5.91 Å². The Hall–Kier alpha value is -2.90. The van der Waals surface area contributed by atoms with Crippen molar-refractivity contribution in [2.75, 3.05) is 13.1 Å². The fourth-order valence-corrected chi connectivity index (χ4v) is 3.75. The van der Waals surface area contributed by atoms with Crippen molar-refractivity contribution in [3.8, 4) is 0 Å². The highest BCUT2D eigenvalue weighted by molar-refractivity contribution is 5.92. The number of amides is 2. The van der Waals surface area contributed by atoms with Crippen LogP contribution in [0.25, 0.3) is 0 Å². The predicted octanol–water partition coefficient (Wildman–Crippen LogP) is 3.32. The zero-order valence-corrected chi connectivity index (χ0v) is 17.3. The van der Waals surface area contributed by atoms with E-state index in [1.165, 1.54) is 6.07 Å². The Kier molecular flexibility index (Phi) is 7.07. The first-order valence-corrected chi connectivity index (χ1v) is 10.1. The summed E-state index contributed by atoms with van der Waals surface area (Å²) in [5.41, 5.74) is 1.68. The normalized spacial score (nSPS) is 16.4. The van der Waals surface area contributed by atoms with Gasteiger partial charge in [-0.15, -0.1) is 0 Å². The molecule has 1 aromatic carbocycles. The number of likely N-dealkylation sites (tertiary alicyclic amines) is 1. The zero-order chi connectivity index (χ0) is 21.7. The van der Waals surface area contributed by atoms with Crippen LogP contribution in [-0.2, 0) is 11.3 Å². The fraction of sp³-hybridized carbons (Fsp3) is 0.455. The minimum Gasteiger partial charge on any atom is -0.352 e. The van der Waals surface area contributed by atoms with Crippen LogP contribution >= 0.6 is 0 Å². The van der Waals surface area contributed by atoms with E-state index in [4.69, 9.17) is 0 Å². The molecule has 1 N–H and O–H groups in total. The van der Waals surface area contributed by atoms with Crippen LogP contribution in [0.4, 0.5) is 8.78 Å². The van der Waals surface area contributed by atoms with E-state index >= 15 is 0 Å². The van der Waals surface area contributed by atoms with E-state index in [0.29, 0.717) is 43.0 Å². The van der Waals surface area contributed by atoms with Crippen molar-refractivity contribution >= 4 is 11.8 Å². The Morgan fingerprint density at radius 1 is 1.17 bits per heavy atom. The van der Waals surface area contributed by atoms with E-state index in [0.717, 1.165) is 30.7 Å².